The number of carbonyl (C=O) groups excluding carboxylic acids is 1. The number of halogens is 3. The number of hydrogen-bond donors (Lipinski definition) is 2. The smallest absolute Gasteiger partial charge is 0.422 e. The first-order chi connectivity index (χ1) is 10.8. The zero-order valence-electron chi connectivity index (χ0n) is 12.2. The molecule has 6 nitrogen and oxygen atoms in total. The summed E-state index contributed by atoms with van der Waals surface area (Å²) in [6.45, 7) is -1.06. The number of aromatic nitrogens is 1. The van der Waals surface area contributed by atoms with Gasteiger partial charge in [-0.3, -0.25) is 9.59 Å². The van der Waals surface area contributed by atoms with Gasteiger partial charge < -0.3 is 15.2 Å². The molecule has 1 rings (SSSR count). The Hall–Kier alpha value is -2.32. The summed E-state index contributed by atoms with van der Waals surface area (Å²) in [7, 11) is 0. The SMILES string of the molecule is O=C(O)CCCCCNC(=O)c1ccc(OCC(F)(F)F)nc1. The third-order valence-electron chi connectivity index (χ3n) is 2.74. The summed E-state index contributed by atoms with van der Waals surface area (Å²) in [5.41, 5.74) is 0.204. The fourth-order valence-electron chi connectivity index (χ4n) is 1.64. The molecule has 0 saturated carbocycles. The summed E-state index contributed by atoms with van der Waals surface area (Å²) in [5.74, 6) is -1.47. The van der Waals surface area contributed by atoms with E-state index in [1.165, 1.54) is 12.1 Å². The Kier molecular flexibility index (Phi) is 7.30. The van der Waals surface area contributed by atoms with Crippen molar-refractivity contribution in [2.45, 2.75) is 31.9 Å². The van der Waals surface area contributed by atoms with Crippen LogP contribution in [0.5, 0.6) is 5.88 Å². The second-order valence-corrected chi connectivity index (χ2v) is 4.75. The van der Waals surface area contributed by atoms with Gasteiger partial charge in [-0.2, -0.15) is 13.2 Å². The van der Waals surface area contributed by atoms with Crippen LogP contribution in [0.15, 0.2) is 18.3 Å². The summed E-state index contributed by atoms with van der Waals surface area (Å²) in [6.07, 6.45) is -1.37. The molecule has 1 heterocycles. The van der Waals surface area contributed by atoms with Gasteiger partial charge in [0.1, 0.15) is 0 Å². The van der Waals surface area contributed by atoms with Gasteiger partial charge in [-0.15, -0.1) is 0 Å². The summed E-state index contributed by atoms with van der Waals surface area (Å²) >= 11 is 0. The van der Waals surface area contributed by atoms with Gasteiger partial charge in [0.25, 0.3) is 5.91 Å². The number of ether oxygens (including phenoxy) is 1. The number of carboxylic acids is 1. The zero-order valence-corrected chi connectivity index (χ0v) is 12.2. The average molecular weight is 334 g/mol. The van der Waals surface area contributed by atoms with Crippen molar-refractivity contribution in [1.82, 2.24) is 10.3 Å². The van der Waals surface area contributed by atoms with E-state index in [2.05, 4.69) is 15.0 Å². The lowest BCUT2D eigenvalue weighted by Gasteiger charge is -2.09. The van der Waals surface area contributed by atoms with Crippen molar-refractivity contribution >= 4 is 11.9 Å². The molecule has 9 heteroatoms. The Morgan fingerprint density at radius 1 is 1.22 bits per heavy atom. The third kappa shape index (κ3) is 8.64. The van der Waals surface area contributed by atoms with E-state index in [0.29, 0.717) is 25.8 Å². The van der Waals surface area contributed by atoms with Crippen molar-refractivity contribution in [1.29, 1.82) is 0 Å². The average Bonchev–Trinajstić information content (AvgIpc) is 2.48. The van der Waals surface area contributed by atoms with Crippen molar-refractivity contribution in [2.75, 3.05) is 13.2 Å². The van der Waals surface area contributed by atoms with Crippen molar-refractivity contribution in [3.8, 4) is 5.88 Å². The van der Waals surface area contributed by atoms with Crippen molar-refractivity contribution < 1.29 is 32.6 Å². The molecule has 0 aromatic carbocycles. The lowest BCUT2D eigenvalue weighted by atomic mass is 10.2. The maximum atomic E-state index is 12.0. The first-order valence-corrected chi connectivity index (χ1v) is 6.93. The van der Waals surface area contributed by atoms with E-state index >= 15 is 0 Å². The minimum Gasteiger partial charge on any atom is -0.481 e. The highest BCUT2D eigenvalue weighted by Gasteiger charge is 2.28. The molecule has 0 aliphatic carbocycles. The molecule has 0 unspecified atom stereocenters. The molecule has 1 amide bonds. The second kappa shape index (κ2) is 8.96. The Balaban J connectivity index is 2.29. The number of unbranched alkanes of at least 4 members (excludes halogenated alkanes) is 2. The van der Waals surface area contributed by atoms with Crippen molar-refractivity contribution in [3.63, 3.8) is 0 Å². The predicted octanol–water partition coefficient (Wildman–Crippen LogP) is 2.40. The third-order valence-corrected chi connectivity index (χ3v) is 2.74. The molecular formula is C14H17F3N2O4. The Labute approximate surface area is 130 Å². The van der Waals surface area contributed by atoms with Crippen LogP contribution in [0.25, 0.3) is 0 Å². The van der Waals surface area contributed by atoms with Crippen LogP contribution < -0.4 is 10.1 Å². The predicted molar refractivity (Wildman–Crippen MR) is 74.2 cm³/mol. The van der Waals surface area contributed by atoms with E-state index in [1.54, 1.807) is 0 Å². The summed E-state index contributed by atoms with van der Waals surface area (Å²) in [4.78, 5) is 25.7. The number of carboxylic acid groups (broad SMARTS) is 1. The second-order valence-electron chi connectivity index (χ2n) is 4.75. The molecule has 0 fully saturated rings. The molecule has 0 bridgehead atoms. The molecule has 0 atom stereocenters. The quantitative estimate of drug-likeness (QED) is 0.677. The lowest BCUT2D eigenvalue weighted by Crippen LogP contribution is -2.24. The lowest BCUT2D eigenvalue weighted by molar-refractivity contribution is -0.154. The van der Waals surface area contributed by atoms with Crippen LogP contribution >= 0.6 is 0 Å². The highest BCUT2D eigenvalue weighted by molar-refractivity contribution is 5.93. The van der Waals surface area contributed by atoms with E-state index in [4.69, 9.17) is 5.11 Å². The standard InChI is InChI=1S/C14H17F3N2O4/c15-14(16,17)9-23-11-6-5-10(8-19-11)13(22)18-7-3-1-2-4-12(20)21/h5-6,8H,1-4,7,9H2,(H,18,22)(H,20,21). The molecule has 1 aromatic rings. The summed E-state index contributed by atoms with van der Waals surface area (Å²) < 4.78 is 40.3. The maximum absolute atomic E-state index is 12.0. The number of carbonyl (C=O) groups is 2. The fourth-order valence-corrected chi connectivity index (χ4v) is 1.64. The van der Waals surface area contributed by atoms with Gasteiger partial charge in [-0.25, -0.2) is 4.98 Å². The monoisotopic (exact) mass is 334 g/mol. The molecule has 0 saturated heterocycles. The molecule has 1 aromatic heterocycles. The van der Waals surface area contributed by atoms with E-state index < -0.39 is 24.7 Å². The normalized spacial score (nSPS) is 11.1. The van der Waals surface area contributed by atoms with Crippen LogP contribution in [0.3, 0.4) is 0 Å². The van der Waals surface area contributed by atoms with Crippen LogP contribution in [0.1, 0.15) is 36.0 Å². The van der Waals surface area contributed by atoms with E-state index in [-0.39, 0.29) is 17.9 Å². The largest absolute Gasteiger partial charge is 0.481 e. The van der Waals surface area contributed by atoms with Gasteiger partial charge in [0.15, 0.2) is 6.61 Å². The van der Waals surface area contributed by atoms with Crippen molar-refractivity contribution in [2.24, 2.45) is 0 Å². The van der Waals surface area contributed by atoms with Crippen LogP contribution in [-0.2, 0) is 4.79 Å². The van der Waals surface area contributed by atoms with Crippen LogP contribution in [0, 0.1) is 0 Å². The molecule has 0 radical (unpaired) electrons. The zero-order chi connectivity index (χ0) is 17.3. The number of amides is 1. The van der Waals surface area contributed by atoms with Gasteiger partial charge in [-0.05, 0) is 18.9 Å². The number of nitrogens with zero attached hydrogens (tertiary/aromatic N) is 1. The van der Waals surface area contributed by atoms with Crippen molar-refractivity contribution in [3.05, 3.63) is 23.9 Å². The van der Waals surface area contributed by atoms with Gasteiger partial charge in [0.05, 0.1) is 5.56 Å². The van der Waals surface area contributed by atoms with E-state index in [1.807, 2.05) is 0 Å². The number of aliphatic carboxylic acids is 1. The molecule has 23 heavy (non-hydrogen) atoms. The molecule has 128 valence electrons. The minimum atomic E-state index is -4.45. The molecular weight excluding hydrogens is 317 g/mol. The Morgan fingerprint density at radius 2 is 1.96 bits per heavy atom. The highest BCUT2D eigenvalue weighted by Crippen LogP contribution is 2.17. The molecule has 2 N–H and O–H groups in total. The number of pyridine rings is 1. The Bertz CT molecular complexity index is 518. The maximum Gasteiger partial charge on any atom is 0.422 e. The topological polar surface area (TPSA) is 88.5 Å². The number of rotatable bonds is 9. The van der Waals surface area contributed by atoms with E-state index in [0.717, 1.165) is 6.20 Å². The molecule has 0 spiro atoms. The first-order valence-electron chi connectivity index (χ1n) is 6.93. The van der Waals surface area contributed by atoms with Crippen LogP contribution in [0.2, 0.25) is 0 Å². The number of hydrogen-bond acceptors (Lipinski definition) is 4. The summed E-state index contributed by atoms with van der Waals surface area (Å²) in [6, 6.07) is 2.51. The Morgan fingerprint density at radius 3 is 2.52 bits per heavy atom. The molecule has 0 aliphatic rings. The van der Waals surface area contributed by atoms with Gasteiger partial charge in [0, 0.05) is 25.2 Å². The van der Waals surface area contributed by atoms with Gasteiger partial charge >= 0.3 is 12.1 Å². The van der Waals surface area contributed by atoms with E-state index in [9.17, 15) is 22.8 Å². The minimum absolute atomic E-state index is 0.0945. The van der Waals surface area contributed by atoms with Gasteiger partial charge in [0.2, 0.25) is 5.88 Å². The number of nitrogens with one attached hydrogen (secondary N) is 1. The molecule has 0 aliphatic heterocycles. The summed E-state index contributed by atoms with van der Waals surface area (Å²) in [5, 5.41) is 11.1. The first kappa shape index (κ1) is 18.7. The van der Waals surface area contributed by atoms with Crippen LogP contribution in [-0.4, -0.2) is 41.3 Å². The fraction of sp³-hybridized carbons (Fsp3) is 0.500. The highest BCUT2D eigenvalue weighted by atomic mass is 19.4. The number of alkyl halides is 3. The van der Waals surface area contributed by atoms with Gasteiger partial charge in [-0.1, -0.05) is 6.42 Å². The van der Waals surface area contributed by atoms with Crippen LogP contribution in [0.4, 0.5) is 13.2 Å².